The van der Waals surface area contributed by atoms with Crippen LogP contribution < -0.4 is 14.5 Å². The minimum absolute atomic E-state index is 0.0858. The lowest BCUT2D eigenvalue weighted by molar-refractivity contribution is -0.117. The van der Waals surface area contributed by atoms with Gasteiger partial charge >= 0.3 is 4.87 Å². The summed E-state index contributed by atoms with van der Waals surface area (Å²) in [5, 5.41) is 2.46. The lowest BCUT2D eigenvalue weighted by Crippen LogP contribution is -2.47. The SMILES string of the molecule is CC[C@@H](C(=O)Nc1ccc2c(c1)sc(=O)n2C)N(c1ccc(F)c(Cl)c1)S(C)(=O)=O. The highest BCUT2D eigenvalue weighted by molar-refractivity contribution is 7.92. The van der Waals surface area contributed by atoms with Gasteiger partial charge in [-0.1, -0.05) is 29.9 Å². The highest BCUT2D eigenvalue weighted by atomic mass is 35.5. The molecule has 2 aromatic carbocycles. The summed E-state index contributed by atoms with van der Waals surface area (Å²) in [5.74, 6) is -1.26. The zero-order valence-electron chi connectivity index (χ0n) is 16.3. The van der Waals surface area contributed by atoms with E-state index in [2.05, 4.69) is 5.32 Å². The normalized spacial score (nSPS) is 12.7. The standard InChI is InChI=1S/C19H19ClFN3O4S2/c1-4-15(24(30(3,27)28)12-6-7-14(21)13(20)10-12)18(25)22-11-5-8-16-17(9-11)29-19(26)23(16)2/h5-10,15H,4H2,1-3H3,(H,22,25)/t15-/m0/s1. The summed E-state index contributed by atoms with van der Waals surface area (Å²) in [6.07, 6.45) is 1.13. The van der Waals surface area contributed by atoms with Crippen LogP contribution in [0, 0.1) is 5.82 Å². The van der Waals surface area contributed by atoms with Gasteiger partial charge in [-0.2, -0.15) is 0 Å². The molecule has 1 heterocycles. The van der Waals surface area contributed by atoms with Crippen molar-refractivity contribution in [2.75, 3.05) is 15.9 Å². The molecule has 160 valence electrons. The number of sulfonamides is 1. The Labute approximate surface area is 181 Å². The van der Waals surface area contributed by atoms with E-state index < -0.39 is 27.8 Å². The van der Waals surface area contributed by atoms with E-state index >= 15 is 0 Å². The third-order valence-corrected chi connectivity index (χ3v) is 7.01. The van der Waals surface area contributed by atoms with Crippen LogP contribution in [0.1, 0.15) is 13.3 Å². The van der Waals surface area contributed by atoms with Crippen LogP contribution in [0.5, 0.6) is 0 Å². The summed E-state index contributed by atoms with van der Waals surface area (Å²) in [6.45, 7) is 1.67. The van der Waals surface area contributed by atoms with Crippen LogP contribution in [-0.2, 0) is 21.9 Å². The minimum Gasteiger partial charge on any atom is -0.324 e. The Morgan fingerprint density at radius 1 is 1.30 bits per heavy atom. The fraction of sp³-hybridized carbons (Fsp3) is 0.263. The number of halogens is 2. The molecule has 3 aromatic rings. The quantitative estimate of drug-likeness (QED) is 0.595. The maximum absolute atomic E-state index is 13.5. The van der Waals surface area contributed by atoms with Crippen molar-refractivity contribution in [1.82, 2.24) is 4.57 Å². The molecule has 7 nitrogen and oxygen atoms in total. The van der Waals surface area contributed by atoms with Gasteiger partial charge in [0.15, 0.2) is 0 Å². The second kappa shape index (κ2) is 8.37. The van der Waals surface area contributed by atoms with Crippen molar-refractivity contribution in [3.8, 4) is 0 Å². The molecule has 1 N–H and O–H groups in total. The first-order chi connectivity index (χ1) is 14.0. The third kappa shape index (κ3) is 4.35. The summed E-state index contributed by atoms with van der Waals surface area (Å²) in [4.78, 5) is 24.7. The molecule has 30 heavy (non-hydrogen) atoms. The van der Waals surface area contributed by atoms with Crippen molar-refractivity contribution >= 4 is 60.5 Å². The van der Waals surface area contributed by atoms with E-state index in [4.69, 9.17) is 11.6 Å². The average Bonchev–Trinajstić information content (AvgIpc) is 2.94. The Hall–Kier alpha value is -2.43. The van der Waals surface area contributed by atoms with E-state index in [1.165, 1.54) is 16.7 Å². The second-order valence-electron chi connectivity index (χ2n) is 6.68. The number of anilines is 2. The highest BCUT2D eigenvalue weighted by Gasteiger charge is 2.32. The lowest BCUT2D eigenvalue weighted by atomic mass is 10.1. The van der Waals surface area contributed by atoms with Gasteiger partial charge in [-0.3, -0.25) is 13.9 Å². The van der Waals surface area contributed by atoms with Gasteiger partial charge < -0.3 is 9.88 Å². The van der Waals surface area contributed by atoms with Crippen LogP contribution in [0.25, 0.3) is 10.2 Å². The van der Waals surface area contributed by atoms with Crippen LogP contribution in [0.15, 0.2) is 41.2 Å². The second-order valence-corrected chi connectivity index (χ2v) is 9.94. The maximum Gasteiger partial charge on any atom is 0.307 e. The Morgan fingerprint density at radius 2 is 2.00 bits per heavy atom. The van der Waals surface area contributed by atoms with Crippen LogP contribution in [0.4, 0.5) is 15.8 Å². The number of hydrogen-bond donors (Lipinski definition) is 1. The highest BCUT2D eigenvalue weighted by Crippen LogP contribution is 2.28. The summed E-state index contributed by atoms with van der Waals surface area (Å²) in [7, 11) is -2.23. The minimum atomic E-state index is -3.88. The van der Waals surface area contributed by atoms with E-state index in [0.29, 0.717) is 10.4 Å². The molecule has 0 saturated heterocycles. The van der Waals surface area contributed by atoms with Gasteiger partial charge in [0.2, 0.25) is 15.9 Å². The van der Waals surface area contributed by atoms with Crippen molar-refractivity contribution in [2.24, 2.45) is 7.05 Å². The molecule has 1 amide bonds. The zero-order chi connectivity index (χ0) is 22.2. The fourth-order valence-corrected chi connectivity index (χ4v) is 5.42. The number of aryl methyl sites for hydroxylation is 1. The molecule has 0 aliphatic rings. The predicted octanol–water partition coefficient (Wildman–Crippen LogP) is 3.58. The summed E-state index contributed by atoms with van der Waals surface area (Å²) in [5.41, 5.74) is 1.25. The topological polar surface area (TPSA) is 88.5 Å². The number of aromatic nitrogens is 1. The number of fused-ring (bicyclic) bond motifs is 1. The van der Waals surface area contributed by atoms with Crippen LogP contribution in [-0.4, -0.2) is 31.2 Å². The lowest BCUT2D eigenvalue weighted by Gasteiger charge is -2.30. The van der Waals surface area contributed by atoms with Gasteiger partial charge in [0, 0.05) is 12.7 Å². The van der Waals surface area contributed by atoms with Crippen LogP contribution >= 0.6 is 22.9 Å². The monoisotopic (exact) mass is 471 g/mol. The van der Waals surface area contributed by atoms with E-state index in [1.54, 1.807) is 32.2 Å². The first kappa shape index (κ1) is 22.3. The summed E-state index contributed by atoms with van der Waals surface area (Å²) in [6, 6.07) is 7.38. The molecule has 0 radical (unpaired) electrons. The van der Waals surface area contributed by atoms with Gasteiger partial charge in [0.25, 0.3) is 0 Å². The molecule has 1 atom stereocenters. The molecule has 1 aromatic heterocycles. The number of benzene rings is 2. The zero-order valence-corrected chi connectivity index (χ0v) is 18.7. The van der Waals surface area contributed by atoms with Crippen molar-refractivity contribution < 1.29 is 17.6 Å². The molecule has 0 bridgehead atoms. The molecule has 11 heteroatoms. The number of amides is 1. The van der Waals surface area contributed by atoms with Gasteiger partial charge in [-0.15, -0.1) is 0 Å². The number of hydrogen-bond acceptors (Lipinski definition) is 5. The summed E-state index contributed by atoms with van der Waals surface area (Å²) < 4.78 is 41.6. The molecule has 0 aliphatic heterocycles. The number of thiazole rings is 1. The Morgan fingerprint density at radius 3 is 2.60 bits per heavy atom. The number of nitrogens with one attached hydrogen (secondary N) is 1. The van der Waals surface area contributed by atoms with Gasteiger partial charge in [-0.25, -0.2) is 12.8 Å². The molecule has 0 unspecified atom stereocenters. The smallest absolute Gasteiger partial charge is 0.307 e. The number of nitrogens with zero attached hydrogens (tertiary/aromatic N) is 2. The Kier molecular flexibility index (Phi) is 6.21. The molecular formula is C19H19ClFN3O4S2. The largest absolute Gasteiger partial charge is 0.324 e. The molecule has 0 fully saturated rings. The molecule has 0 aliphatic carbocycles. The van der Waals surface area contributed by atoms with E-state index in [0.717, 1.165) is 33.5 Å². The molecular weight excluding hydrogens is 453 g/mol. The number of carbonyl (C=O) groups excluding carboxylic acids is 1. The van der Waals surface area contributed by atoms with Crippen molar-refractivity contribution in [2.45, 2.75) is 19.4 Å². The Balaban J connectivity index is 1.96. The predicted molar refractivity (Wildman–Crippen MR) is 119 cm³/mol. The van der Waals surface area contributed by atoms with E-state index in [-0.39, 0.29) is 22.0 Å². The maximum atomic E-state index is 13.5. The molecule has 0 spiro atoms. The Bertz CT molecular complexity index is 1290. The van der Waals surface area contributed by atoms with Crippen molar-refractivity contribution in [3.05, 3.63) is 56.9 Å². The fourth-order valence-electron chi connectivity index (χ4n) is 3.12. The number of carbonyl (C=O) groups is 1. The first-order valence-electron chi connectivity index (χ1n) is 8.87. The van der Waals surface area contributed by atoms with E-state index in [1.807, 2.05) is 0 Å². The number of rotatable bonds is 6. The van der Waals surface area contributed by atoms with Gasteiger partial charge in [-0.05, 0) is 42.8 Å². The third-order valence-electron chi connectivity index (χ3n) is 4.55. The first-order valence-corrected chi connectivity index (χ1v) is 11.9. The van der Waals surface area contributed by atoms with Crippen molar-refractivity contribution in [3.63, 3.8) is 0 Å². The van der Waals surface area contributed by atoms with Gasteiger partial charge in [0.05, 0.1) is 27.2 Å². The van der Waals surface area contributed by atoms with E-state index in [9.17, 15) is 22.4 Å². The molecule has 0 saturated carbocycles. The summed E-state index contributed by atoms with van der Waals surface area (Å²) >= 11 is 6.86. The van der Waals surface area contributed by atoms with Gasteiger partial charge in [0.1, 0.15) is 11.9 Å². The van der Waals surface area contributed by atoms with Crippen molar-refractivity contribution in [1.29, 1.82) is 0 Å². The van der Waals surface area contributed by atoms with Crippen LogP contribution in [0.2, 0.25) is 5.02 Å². The average molecular weight is 472 g/mol. The molecule has 3 rings (SSSR count). The van der Waals surface area contributed by atoms with Crippen LogP contribution in [0.3, 0.4) is 0 Å².